The summed E-state index contributed by atoms with van der Waals surface area (Å²) < 4.78 is 33.9. The normalized spacial score (nSPS) is 12.6. The Balaban J connectivity index is 2.91. The highest BCUT2D eigenvalue weighted by molar-refractivity contribution is 5.41. The van der Waals surface area contributed by atoms with E-state index >= 15 is 0 Å². The molecule has 0 radical (unpaired) electrons. The number of hydrogen-bond donors (Lipinski definition) is 1. The van der Waals surface area contributed by atoms with Gasteiger partial charge in [0, 0.05) is 11.6 Å². The van der Waals surface area contributed by atoms with Crippen molar-refractivity contribution < 1.29 is 23.4 Å². The maximum Gasteiger partial charge on any atom is 0.272 e. The second-order valence-electron chi connectivity index (χ2n) is 3.28. The molecule has 0 bridgehead atoms. The first-order chi connectivity index (χ1) is 7.54. The topological polar surface area (TPSA) is 38.7 Å². The van der Waals surface area contributed by atoms with Crippen LogP contribution in [-0.2, 0) is 0 Å². The van der Waals surface area contributed by atoms with Crippen molar-refractivity contribution in [2.75, 3.05) is 13.7 Å². The van der Waals surface area contributed by atoms with E-state index in [9.17, 15) is 13.9 Å². The van der Waals surface area contributed by atoms with Crippen molar-refractivity contribution >= 4 is 0 Å². The molecule has 0 aromatic heterocycles. The van der Waals surface area contributed by atoms with E-state index in [2.05, 4.69) is 0 Å². The smallest absolute Gasteiger partial charge is 0.272 e. The van der Waals surface area contributed by atoms with Gasteiger partial charge in [-0.3, -0.25) is 0 Å². The lowest BCUT2D eigenvalue weighted by molar-refractivity contribution is 0.0793. The molecular weight excluding hydrogens is 218 g/mol. The van der Waals surface area contributed by atoms with E-state index in [0.717, 1.165) is 0 Å². The molecule has 1 rings (SSSR count). The second kappa shape index (κ2) is 5.65. The Hall–Kier alpha value is -1.36. The molecule has 90 valence electrons. The van der Waals surface area contributed by atoms with Gasteiger partial charge in [0.15, 0.2) is 0 Å². The van der Waals surface area contributed by atoms with Gasteiger partial charge in [-0.1, -0.05) is 0 Å². The van der Waals surface area contributed by atoms with E-state index in [1.807, 2.05) is 0 Å². The molecule has 0 amide bonds. The summed E-state index contributed by atoms with van der Waals surface area (Å²) in [5.74, 6) is 0.711. The van der Waals surface area contributed by atoms with Crippen molar-refractivity contribution in [2.45, 2.75) is 19.5 Å². The zero-order valence-electron chi connectivity index (χ0n) is 9.11. The lowest BCUT2D eigenvalue weighted by Crippen LogP contribution is -2.09. The van der Waals surface area contributed by atoms with Gasteiger partial charge >= 0.3 is 0 Å². The van der Waals surface area contributed by atoms with E-state index in [0.29, 0.717) is 11.3 Å². The van der Waals surface area contributed by atoms with Gasteiger partial charge in [-0.05, 0) is 19.1 Å². The van der Waals surface area contributed by atoms with Crippen LogP contribution in [-0.4, -0.2) is 25.2 Å². The van der Waals surface area contributed by atoms with Crippen LogP contribution in [0.1, 0.15) is 18.6 Å². The van der Waals surface area contributed by atoms with Crippen LogP contribution in [0.4, 0.5) is 8.78 Å². The first kappa shape index (κ1) is 12.7. The molecular formula is C11H14F2O3. The van der Waals surface area contributed by atoms with Crippen molar-refractivity contribution in [3.8, 4) is 11.5 Å². The Morgan fingerprint density at radius 3 is 2.56 bits per heavy atom. The lowest BCUT2D eigenvalue weighted by Gasteiger charge is -2.14. The molecule has 16 heavy (non-hydrogen) atoms. The molecule has 0 spiro atoms. The average Bonchev–Trinajstić information content (AvgIpc) is 2.25. The minimum atomic E-state index is -2.55. The highest BCUT2D eigenvalue weighted by Crippen LogP contribution is 2.29. The molecule has 0 unspecified atom stereocenters. The first-order valence-electron chi connectivity index (χ1n) is 4.81. The van der Waals surface area contributed by atoms with Crippen LogP contribution in [0.2, 0.25) is 0 Å². The molecule has 0 aliphatic heterocycles. The lowest BCUT2D eigenvalue weighted by atomic mass is 10.1. The number of rotatable bonds is 5. The van der Waals surface area contributed by atoms with Crippen LogP contribution in [0.3, 0.4) is 0 Å². The van der Waals surface area contributed by atoms with Crippen molar-refractivity contribution in [3.05, 3.63) is 23.8 Å². The number of hydrogen-bond acceptors (Lipinski definition) is 3. The molecule has 5 heteroatoms. The first-order valence-corrected chi connectivity index (χ1v) is 4.81. The van der Waals surface area contributed by atoms with Crippen LogP contribution in [0.25, 0.3) is 0 Å². The van der Waals surface area contributed by atoms with Gasteiger partial charge in [0.05, 0.1) is 13.2 Å². The third-order valence-electron chi connectivity index (χ3n) is 2.04. The molecule has 1 N–H and O–H groups in total. The highest BCUT2D eigenvalue weighted by Gasteiger charge is 2.12. The van der Waals surface area contributed by atoms with Gasteiger partial charge in [-0.15, -0.1) is 0 Å². The maximum atomic E-state index is 12.0. The van der Waals surface area contributed by atoms with E-state index in [1.165, 1.54) is 20.1 Å². The van der Waals surface area contributed by atoms with Crippen LogP contribution in [0.5, 0.6) is 11.5 Å². The highest BCUT2D eigenvalue weighted by atomic mass is 19.3. The summed E-state index contributed by atoms with van der Waals surface area (Å²) in [6, 6.07) is 4.70. The number of alkyl halides is 2. The van der Waals surface area contributed by atoms with E-state index < -0.39 is 19.1 Å². The fourth-order valence-corrected chi connectivity index (χ4v) is 1.26. The number of methoxy groups -OCH3 is 1. The predicted octanol–water partition coefficient (Wildman–Crippen LogP) is 2.39. The van der Waals surface area contributed by atoms with Crippen LogP contribution in [0.15, 0.2) is 18.2 Å². The number of aliphatic hydroxyl groups excluding tert-OH is 1. The Morgan fingerprint density at radius 1 is 1.38 bits per heavy atom. The Morgan fingerprint density at radius 2 is 2.06 bits per heavy atom. The summed E-state index contributed by atoms with van der Waals surface area (Å²) in [6.07, 6.45) is -3.33. The fraction of sp³-hybridized carbons (Fsp3) is 0.455. The summed E-state index contributed by atoms with van der Waals surface area (Å²) in [5, 5.41) is 9.43. The fourth-order valence-electron chi connectivity index (χ4n) is 1.26. The Kier molecular flexibility index (Phi) is 4.49. The molecule has 0 aliphatic carbocycles. The van der Waals surface area contributed by atoms with Crippen LogP contribution < -0.4 is 9.47 Å². The number of halogens is 2. The van der Waals surface area contributed by atoms with Crippen molar-refractivity contribution in [2.24, 2.45) is 0 Å². The molecule has 0 aliphatic rings. The standard InChI is InChI=1S/C11H14F2O3/c1-7(14)9-4-3-8(15-2)5-10(9)16-6-11(12)13/h3-5,7,11,14H,6H2,1-2H3/t7-/m0/s1. The Labute approximate surface area is 92.6 Å². The monoisotopic (exact) mass is 232 g/mol. The predicted molar refractivity (Wildman–Crippen MR) is 55.1 cm³/mol. The minimum absolute atomic E-state index is 0.217. The van der Waals surface area contributed by atoms with E-state index in [4.69, 9.17) is 9.47 Å². The van der Waals surface area contributed by atoms with Gasteiger partial charge < -0.3 is 14.6 Å². The van der Waals surface area contributed by atoms with Gasteiger partial charge in [0.25, 0.3) is 6.43 Å². The van der Waals surface area contributed by atoms with Gasteiger partial charge in [0.2, 0.25) is 0 Å². The molecule has 1 atom stereocenters. The third kappa shape index (κ3) is 3.34. The molecule has 0 saturated carbocycles. The quantitative estimate of drug-likeness (QED) is 0.847. The second-order valence-corrected chi connectivity index (χ2v) is 3.28. The summed E-state index contributed by atoms with van der Waals surface area (Å²) in [5.41, 5.74) is 0.460. The van der Waals surface area contributed by atoms with Gasteiger partial charge in [-0.2, -0.15) is 0 Å². The minimum Gasteiger partial charge on any atom is -0.497 e. The summed E-state index contributed by atoms with van der Waals surface area (Å²) in [4.78, 5) is 0. The summed E-state index contributed by atoms with van der Waals surface area (Å²) in [6.45, 7) is 0.837. The average molecular weight is 232 g/mol. The van der Waals surface area contributed by atoms with E-state index in [1.54, 1.807) is 12.1 Å². The molecule has 0 heterocycles. The third-order valence-corrected chi connectivity index (χ3v) is 2.04. The summed E-state index contributed by atoms with van der Waals surface area (Å²) in [7, 11) is 1.47. The van der Waals surface area contributed by atoms with Gasteiger partial charge in [0.1, 0.15) is 18.1 Å². The SMILES string of the molecule is COc1ccc([C@H](C)O)c(OCC(F)F)c1. The zero-order valence-corrected chi connectivity index (χ0v) is 9.11. The number of ether oxygens (including phenoxy) is 2. The van der Waals surface area contributed by atoms with Crippen LogP contribution >= 0.6 is 0 Å². The van der Waals surface area contributed by atoms with Crippen molar-refractivity contribution in [1.29, 1.82) is 0 Å². The molecule has 0 fully saturated rings. The summed E-state index contributed by atoms with van der Waals surface area (Å²) >= 11 is 0. The van der Waals surface area contributed by atoms with Crippen molar-refractivity contribution in [3.63, 3.8) is 0 Å². The van der Waals surface area contributed by atoms with Crippen molar-refractivity contribution in [1.82, 2.24) is 0 Å². The van der Waals surface area contributed by atoms with E-state index in [-0.39, 0.29) is 5.75 Å². The molecule has 1 aromatic carbocycles. The number of aliphatic hydroxyl groups is 1. The molecule has 0 saturated heterocycles. The Bertz CT molecular complexity index is 340. The number of benzene rings is 1. The van der Waals surface area contributed by atoms with Gasteiger partial charge in [-0.25, -0.2) is 8.78 Å². The van der Waals surface area contributed by atoms with Crippen LogP contribution in [0, 0.1) is 0 Å². The molecule has 3 nitrogen and oxygen atoms in total. The largest absolute Gasteiger partial charge is 0.497 e. The maximum absolute atomic E-state index is 12.0. The zero-order chi connectivity index (χ0) is 12.1. The molecule has 1 aromatic rings.